The first-order chi connectivity index (χ1) is 8.04. The molecule has 0 saturated carbocycles. The number of carbonyl (C=O) groups excluding carboxylic acids is 1. The lowest BCUT2D eigenvalue weighted by Gasteiger charge is -2.10. The molecular formula is C11H14N2O4. The average molecular weight is 238 g/mol. The largest absolute Gasteiger partial charge is 0.478 e. The van der Waals surface area contributed by atoms with Crippen LogP contribution in [0.15, 0.2) is 18.3 Å². The van der Waals surface area contributed by atoms with Gasteiger partial charge in [-0.15, -0.1) is 0 Å². The molecule has 1 rings (SSSR count). The Labute approximate surface area is 98.6 Å². The molecule has 1 aromatic heterocycles. The highest BCUT2D eigenvalue weighted by atomic mass is 16.5. The Kier molecular flexibility index (Phi) is 4.59. The van der Waals surface area contributed by atoms with Gasteiger partial charge < -0.3 is 15.2 Å². The zero-order chi connectivity index (χ0) is 12.8. The number of aromatic carboxylic acids is 1. The number of hydrogen-bond acceptors (Lipinski definition) is 4. The summed E-state index contributed by atoms with van der Waals surface area (Å²) in [4.78, 5) is 26.1. The first-order valence-electron chi connectivity index (χ1n) is 5.03. The normalized spacial score (nSPS) is 11.9. The summed E-state index contributed by atoms with van der Waals surface area (Å²) in [5.74, 6) is -1.29. The third kappa shape index (κ3) is 3.84. The summed E-state index contributed by atoms with van der Waals surface area (Å²) < 4.78 is 4.84. The number of ether oxygens (including phenoxy) is 1. The maximum absolute atomic E-state index is 11.4. The Morgan fingerprint density at radius 1 is 1.59 bits per heavy atom. The van der Waals surface area contributed by atoms with Crippen molar-refractivity contribution in [1.29, 1.82) is 0 Å². The molecule has 1 amide bonds. The van der Waals surface area contributed by atoms with Gasteiger partial charge in [0.15, 0.2) is 0 Å². The number of carboxylic acids is 1. The minimum absolute atomic E-state index is 0.143. The van der Waals surface area contributed by atoms with E-state index in [1.807, 2.05) is 0 Å². The summed E-state index contributed by atoms with van der Waals surface area (Å²) in [6.07, 6.45) is 0.850. The third-order valence-electron chi connectivity index (χ3n) is 2.23. The van der Waals surface area contributed by atoms with Crippen molar-refractivity contribution >= 4 is 11.9 Å². The van der Waals surface area contributed by atoms with Gasteiger partial charge in [0.25, 0.3) is 0 Å². The summed E-state index contributed by atoms with van der Waals surface area (Å²) in [5, 5.41) is 11.4. The molecule has 0 aliphatic carbocycles. The van der Waals surface area contributed by atoms with Crippen molar-refractivity contribution in [3.05, 3.63) is 29.6 Å². The molecule has 0 fully saturated rings. The smallest absolute Gasteiger partial charge is 0.335 e. The van der Waals surface area contributed by atoms with E-state index in [4.69, 9.17) is 9.84 Å². The summed E-state index contributed by atoms with van der Waals surface area (Å²) in [5.41, 5.74) is 0.630. The highest BCUT2D eigenvalue weighted by molar-refractivity contribution is 5.87. The van der Waals surface area contributed by atoms with E-state index >= 15 is 0 Å². The number of methoxy groups -OCH3 is 1. The molecule has 1 atom stereocenters. The number of amides is 1. The molecule has 2 N–H and O–H groups in total. The van der Waals surface area contributed by atoms with Crippen LogP contribution in [0.5, 0.6) is 0 Å². The molecule has 0 bridgehead atoms. The zero-order valence-electron chi connectivity index (χ0n) is 9.64. The predicted molar refractivity (Wildman–Crippen MR) is 59.5 cm³/mol. The molecule has 1 unspecified atom stereocenters. The highest BCUT2D eigenvalue weighted by Gasteiger charge is 2.11. The van der Waals surface area contributed by atoms with Crippen LogP contribution in [0.4, 0.5) is 0 Å². The van der Waals surface area contributed by atoms with E-state index in [1.165, 1.54) is 25.4 Å². The van der Waals surface area contributed by atoms with Gasteiger partial charge in [0, 0.05) is 13.3 Å². The van der Waals surface area contributed by atoms with E-state index in [0.717, 1.165) is 0 Å². The summed E-state index contributed by atoms with van der Waals surface area (Å²) >= 11 is 0. The minimum atomic E-state index is -1.02. The van der Waals surface area contributed by atoms with Gasteiger partial charge >= 0.3 is 5.97 Å². The molecule has 92 valence electrons. The van der Waals surface area contributed by atoms with Crippen LogP contribution < -0.4 is 5.32 Å². The van der Waals surface area contributed by atoms with Crippen molar-refractivity contribution in [2.75, 3.05) is 7.11 Å². The lowest BCUT2D eigenvalue weighted by atomic mass is 10.2. The molecule has 0 aliphatic heterocycles. The summed E-state index contributed by atoms with van der Waals surface area (Å²) in [6.45, 7) is 1.80. The molecular weight excluding hydrogens is 224 g/mol. The van der Waals surface area contributed by atoms with Gasteiger partial charge in [0.1, 0.15) is 6.10 Å². The molecule has 17 heavy (non-hydrogen) atoms. The highest BCUT2D eigenvalue weighted by Crippen LogP contribution is 2.01. The molecule has 1 aromatic rings. The van der Waals surface area contributed by atoms with E-state index in [2.05, 4.69) is 10.3 Å². The molecule has 0 saturated heterocycles. The number of aromatic nitrogens is 1. The fourth-order valence-electron chi connectivity index (χ4n) is 1.14. The molecule has 0 spiro atoms. The summed E-state index contributed by atoms with van der Waals surface area (Å²) in [7, 11) is 1.44. The van der Waals surface area contributed by atoms with Crippen LogP contribution in [0.1, 0.15) is 23.0 Å². The first-order valence-corrected chi connectivity index (χ1v) is 5.03. The quantitative estimate of drug-likeness (QED) is 0.776. The van der Waals surface area contributed by atoms with Crippen LogP contribution in [0.25, 0.3) is 0 Å². The van der Waals surface area contributed by atoms with Crippen LogP contribution in [0, 0.1) is 0 Å². The molecule has 6 heteroatoms. The van der Waals surface area contributed by atoms with Gasteiger partial charge in [-0.2, -0.15) is 0 Å². The van der Waals surface area contributed by atoms with Crippen LogP contribution >= 0.6 is 0 Å². The van der Waals surface area contributed by atoms with Crippen molar-refractivity contribution in [2.24, 2.45) is 0 Å². The number of nitrogens with zero attached hydrogens (tertiary/aromatic N) is 1. The van der Waals surface area contributed by atoms with Crippen molar-refractivity contribution in [3.8, 4) is 0 Å². The Bertz CT molecular complexity index is 420. The standard InChI is InChI=1S/C11H14N2O4/c1-7(17-2)10(14)13-6-9-5-8(11(15)16)3-4-12-9/h3-5,7H,6H2,1-2H3,(H,13,14)(H,15,16). The fourth-order valence-corrected chi connectivity index (χ4v) is 1.14. The second-order valence-corrected chi connectivity index (χ2v) is 3.44. The van der Waals surface area contributed by atoms with Crippen molar-refractivity contribution < 1.29 is 19.4 Å². The van der Waals surface area contributed by atoms with Crippen molar-refractivity contribution in [3.63, 3.8) is 0 Å². The topological polar surface area (TPSA) is 88.5 Å². The SMILES string of the molecule is COC(C)C(=O)NCc1cc(C(=O)O)ccn1. The van der Waals surface area contributed by atoms with E-state index < -0.39 is 12.1 Å². The number of carbonyl (C=O) groups is 2. The minimum Gasteiger partial charge on any atom is -0.478 e. The van der Waals surface area contributed by atoms with Gasteiger partial charge in [0.05, 0.1) is 17.8 Å². The molecule has 1 heterocycles. The predicted octanol–water partition coefficient (Wildman–Crippen LogP) is 0.431. The van der Waals surface area contributed by atoms with Crippen LogP contribution in [-0.4, -0.2) is 35.2 Å². The van der Waals surface area contributed by atoms with Crippen molar-refractivity contribution in [2.45, 2.75) is 19.6 Å². The number of pyridine rings is 1. The van der Waals surface area contributed by atoms with Gasteiger partial charge in [-0.1, -0.05) is 0 Å². The fraction of sp³-hybridized carbons (Fsp3) is 0.364. The van der Waals surface area contributed by atoms with E-state index in [1.54, 1.807) is 6.92 Å². The van der Waals surface area contributed by atoms with Gasteiger partial charge in [-0.25, -0.2) is 4.79 Å². The Morgan fingerprint density at radius 2 is 2.29 bits per heavy atom. The van der Waals surface area contributed by atoms with E-state index in [0.29, 0.717) is 5.69 Å². The second kappa shape index (κ2) is 5.95. The first kappa shape index (κ1) is 13.1. The Morgan fingerprint density at radius 3 is 2.88 bits per heavy atom. The number of rotatable bonds is 5. The van der Waals surface area contributed by atoms with Gasteiger partial charge in [-0.05, 0) is 19.1 Å². The molecule has 0 aliphatic rings. The van der Waals surface area contributed by atoms with Crippen molar-refractivity contribution in [1.82, 2.24) is 10.3 Å². The Balaban J connectivity index is 2.60. The maximum Gasteiger partial charge on any atom is 0.335 e. The van der Waals surface area contributed by atoms with Gasteiger partial charge in [-0.3, -0.25) is 9.78 Å². The van der Waals surface area contributed by atoms with Crippen LogP contribution in [-0.2, 0) is 16.1 Å². The van der Waals surface area contributed by atoms with Crippen LogP contribution in [0.2, 0.25) is 0 Å². The lowest BCUT2D eigenvalue weighted by molar-refractivity contribution is -0.130. The monoisotopic (exact) mass is 238 g/mol. The average Bonchev–Trinajstić information content (AvgIpc) is 2.35. The van der Waals surface area contributed by atoms with E-state index in [9.17, 15) is 9.59 Å². The zero-order valence-corrected chi connectivity index (χ0v) is 9.64. The molecule has 0 aromatic carbocycles. The number of nitrogens with one attached hydrogen (secondary N) is 1. The number of hydrogen-bond donors (Lipinski definition) is 2. The summed E-state index contributed by atoms with van der Waals surface area (Å²) in [6, 6.07) is 2.81. The number of carboxylic acid groups (broad SMARTS) is 1. The Hall–Kier alpha value is -1.95. The molecule has 0 radical (unpaired) electrons. The van der Waals surface area contributed by atoms with Crippen LogP contribution in [0.3, 0.4) is 0 Å². The molecule has 6 nitrogen and oxygen atoms in total. The van der Waals surface area contributed by atoms with Gasteiger partial charge in [0.2, 0.25) is 5.91 Å². The second-order valence-electron chi connectivity index (χ2n) is 3.44. The van der Waals surface area contributed by atoms with E-state index in [-0.39, 0.29) is 18.0 Å². The third-order valence-corrected chi connectivity index (χ3v) is 2.23. The lowest BCUT2D eigenvalue weighted by Crippen LogP contribution is -2.33. The maximum atomic E-state index is 11.4.